The van der Waals surface area contributed by atoms with Gasteiger partial charge in [0.1, 0.15) is 5.75 Å². The molecule has 2 amide bonds. The Labute approximate surface area is 164 Å². The number of benzene rings is 2. The smallest absolute Gasteiger partial charge is 0.267 e. The lowest BCUT2D eigenvalue weighted by Gasteiger charge is -2.30. The van der Waals surface area contributed by atoms with Crippen LogP contribution in [0.5, 0.6) is 5.75 Å². The normalized spacial score (nSPS) is 15.6. The van der Waals surface area contributed by atoms with Crippen molar-refractivity contribution >= 4 is 29.0 Å². The van der Waals surface area contributed by atoms with Gasteiger partial charge in [0.2, 0.25) is 5.91 Å². The third-order valence-corrected chi connectivity index (χ3v) is 4.87. The van der Waals surface area contributed by atoms with Crippen LogP contribution in [0.1, 0.15) is 41.3 Å². The summed E-state index contributed by atoms with van der Waals surface area (Å²) in [7, 11) is 1.66. The van der Waals surface area contributed by atoms with Gasteiger partial charge in [-0.3, -0.25) is 14.4 Å². The second kappa shape index (κ2) is 7.84. The van der Waals surface area contributed by atoms with Crippen LogP contribution < -0.4 is 15.0 Å². The van der Waals surface area contributed by atoms with Gasteiger partial charge in [-0.2, -0.15) is 0 Å². The third-order valence-electron chi connectivity index (χ3n) is 4.87. The van der Waals surface area contributed by atoms with Gasteiger partial charge in [0.15, 0.2) is 11.9 Å². The fraction of sp³-hybridized carbons (Fsp3) is 0.318. The minimum atomic E-state index is -0.548. The molecule has 28 heavy (non-hydrogen) atoms. The molecule has 0 bridgehead atoms. The van der Waals surface area contributed by atoms with Crippen LogP contribution in [0.15, 0.2) is 36.4 Å². The number of amides is 2. The molecule has 1 heterocycles. The van der Waals surface area contributed by atoms with Crippen LogP contribution in [0.4, 0.5) is 11.4 Å². The molecule has 146 valence electrons. The highest BCUT2D eigenvalue weighted by Gasteiger charge is 2.29. The lowest BCUT2D eigenvalue weighted by molar-refractivity contribution is -0.125. The van der Waals surface area contributed by atoms with Crippen molar-refractivity contribution in [3.8, 4) is 5.75 Å². The van der Waals surface area contributed by atoms with Gasteiger partial charge in [-0.15, -0.1) is 0 Å². The molecule has 0 aromatic heterocycles. The summed E-state index contributed by atoms with van der Waals surface area (Å²) in [5, 5.41) is 2.86. The first-order chi connectivity index (χ1) is 13.3. The number of hydrogen-bond acceptors (Lipinski definition) is 4. The molecule has 0 spiro atoms. The maximum Gasteiger partial charge on any atom is 0.267 e. The van der Waals surface area contributed by atoms with Crippen molar-refractivity contribution in [2.45, 2.75) is 39.7 Å². The van der Waals surface area contributed by atoms with Crippen molar-refractivity contribution < 1.29 is 19.1 Å². The molecule has 0 saturated carbocycles. The van der Waals surface area contributed by atoms with Gasteiger partial charge in [0, 0.05) is 31.1 Å². The van der Waals surface area contributed by atoms with E-state index in [0.717, 1.165) is 16.8 Å². The Morgan fingerprint density at radius 3 is 2.61 bits per heavy atom. The highest BCUT2D eigenvalue weighted by atomic mass is 16.5. The number of fused-ring (bicyclic) bond motifs is 1. The fourth-order valence-electron chi connectivity index (χ4n) is 3.14. The number of hydrogen-bond donors (Lipinski definition) is 1. The molecule has 2 aromatic rings. The number of likely N-dealkylation sites (N-methyl/N-ethyl adjacent to an activating group) is 1. The van der Waals surface area contributed by atoms with Crippen LogP contribution in [-0.4, -0.2) is 30.7 Å². The largest absolute Gasteiger partial charge is 0.479 e. The summed E-state index contributed by atoms with van der Waals surface area (Å²) in [5.41, 5.74) is 3.81. The number of Topliss-reactive ketones (excluding diaryl/α,β-unsaturated/α-hetero) is 1. The van der Waals surface area contributed by atoms with E-state index >= 15 is 0 Å². The SMILES string of the molecule is Cc1ccc(C)c(NC(=O)CCC(=O)c2ccc3c(c2)N(C)C(=O)C(C)O3)c1. The molecular weight excluding hydrogens is 356 g/mol. The molecule has 1 unspecified atom stereocenters. The Hall–Kier alpha value is -3.15. The number of aryl methyl sites for hydroxylation is 2. The van der Waals surface area contributed by atoms with Crippen molar-refractivity contribution in [2.24, 2.45) is 0 Å². The molecule has 0 fully saturated rings. The lowest BCUT2D eigenvalue weighted by Crippen LogP contribution is -2.42. The Balaban J connectivity index is 1.65. The minimum Gasteiger partial charge on any atom is -0.479 e. The summed E-state index contributed by atoms with van der Waals surface area (Å²) >= 11 is 0. The van der Waals surface area contributed by atoms with Gasteiger partial charge in [0.25, 0.3) is 5.91 Å². The molecular formula is C22H24N2O4. The predicted octanol–water partition coefficient (Wildman–Crippen LogP) is 3.65. The number of carbonyl (C=O) groups is 3. The van der Waals surface area contributed by atoms with Gasteiger partial charge in [-0.05, 0) is 56.2 Å². The molecule has 2 aromatic carbocycles. The van der Waals surface area contributed by atoms with E-state index in [2.05, 4.69) is 5.32 Å². The summed E-state index contributed by atoms with van der Waals surface area (Å²) in [5.74, 6) is 0.0478. The summed E-state index contributed by atoms with van der Waals surface area (Å²) in [6, 6.07) is 10.8. The van der Waals surface area contributed by atoms with Crippen molar-refractivity contribution in [3.63, 3.8) is 0 Å². The zero-order valence-corrected chi connectivity index (χ0v) is 16.5. The average molecular weight is 380 g/mol. The highest BCUT2D eigenvalue weighted by molar-refractivity contribution is 6.04. The lowest BCUT2D eigenvalue weighted by atomic mass is 10.0. The maximum absolute atomic E-state index is 12.5. The molecule has 0 saturated heterocycles. The Kier molecular flexibility index (Phi) is 5.49. The average Bonchev–Trinajstić information content (AvgIpc) is 2.67. The van der Waals surface area contributed by atoms with Crippen molar-refractivity contribution in [1.29, 1.82) is 0 Å². The first-order valence-corrected chi connectivity index (χ1v) is 9.25. The summed E-state index contributed by atoms with van der Waals surface area (Å²) in [6.45, 7) is 5.57. The van der Waals surface area contributed by atoms with Crippen molar-refractivity contribution in [2.75, 3.05) is 17.3 Å². The predicted molar refractivity (Wildman–Crippen MR) is 108 cm³/mol. The van der Waals surface area contributed by atoms with Gasteiger partial charge in [-0.1, -0.05) is 12.1 Å². The number of nitrogens with zero attached hydrogens (tertiary/aromatic N) is 1. The van der Waals surface area contributed by atoms with E-state index in [1.807, 2.05) is 32.0 Å². The van der Waals surface area contributed by atoms with E-state index < -0.39 is 6.10 Å². The van der Waals surface area contributed by atoms with Crippen LogP contribution in [0.2, 0.25) is 0 Å². The van der Waals surface area contributed by atoms with E-state index in [1.54, 1.807) is 32.2 Å². The number of rotatable bonds is 5. The highest BCUT2D eigenvalue weighted by Crippen LogP contribution is 2.34. The first kappa shape index (κ1) is 19.6. The van der Waals surface area contributed by atoms with Crippen molar-refractivity contribution in [3.05, 3.63) is 53.1 Å². The molecule has 1 aliphatic heterocycles. The summed E-state index contributed by atoms with van der Waals surface area (Å²) in [6.07, 6.45) is -0.372. The molecule has 1 atom stereocenters. The number of ketones is 1. The second-order valence-electron chi connectivity index (χ2n) is 7.13. The van der Waals surface area contributed by atoms with Crippen LogP contribution in [0.3, 0.4) is 0 Å². The van der Waals surface area contributed by atoms with Gasteiger partial charge in [0.05, 0.1) is 5.69 Å². The quantitative estimate of drug-likeness (QED) is 0.804. The van der Waals surface area contributed by atoms with E-state index in [0.29, 0.717) is 17.0 Å². The molecule has 0 radical (unpaired) electrons. The molecule has 6 nitrogen and oxygen atoms in total. The van der Waals surface area contributed by atoms with Gasteiger partial charge >= 0.3 is 0 Å². The van der Waals surface area contributed by atoms with Crippen molar-refractivity contribution in [1.82, 2.24) is 0 Å². The van der Waals surface area contributed by atoms with E-state index in [-0.39, 0.29) is 30.4 Å². The number of carbonyl (C=O) groups excluding carboxylic acids is 3. The maximum atomic E-state index is 12.5. The number of anilines is 2. The van der Waals surface area contributed by atoms with E-state index in [9.17, 15) is 14.4 Å². The topological polar surface area (TPSA) is 75.7 Å². The standard InChI is InChI=1S/C22H24N2O4/c1-13-5-6-14(2)17(11-13)23-21(26)10-8-19(25)16-7-9-20-18(12-16)24(4)22(27)15(3)28-20/h5-7,9,11-12,15H,8,10H2,1-4H3,(H,23,26). The Morgan fingerprint density at radius 1 is 1.11 bits per heavy atom. The summed E-state index contributed by atoms with van der Waals surface area (Å²) in [4.78, 5) is 38.3. The molecule has 0 aliphatic carbocycles. The first-order valence-electron chi connectivity index (χ1n) is 9.25. The zero-order valence-electron chi connectivity index (χ0n) is 16.5. The van der Waals surface area contributed by atoms with Gasteiger partial charge in [-0.25, -0.2) is 0 Å². The van der Waals surface area contributed by atoms with Crippen LogP contribution in [0, 0.1) is 13.8 Å². The number of nitrogens with one attached hydrogen (secondary N) is 1. The van der Waals surface area contributed by atoms with Crippen LogP contribution in [0.25, 0.3) is 0 Å². The summed E-state index contributed by atoms with van der Waals surface area (Å²) < 4.78 is 5.57. The van der Waals surface area contributed by atoms with Gasteiger partial charge < -0.3 is 15.0 Å². The Morgan fingerprint density at radius 2 is 1.86 bits per heavy atom. The molecule has 1 aliphatic rings. The third kappa shape index (κ3) is 4.06. The fourth-order valence-corrected chi connectivity index (χ4v) is 3.14. The van der Waals surface area contributed by atoms with Crippen LogP contribution >= 0.6 is 0 Å². The minimum absolute atomic E-state index is 0.0877. The molecule has 1 N–H and O–H groups in total. The molecule has 3 rings (SSSR count). The van der Waals surface area contributed by atoms with Crippen LogP contribution in [-0.2, 0) is 9.59 Å². The number of ether oxygens (including phenoxy) is 1. The van der Waals surface area contributed by atoms with E-state index in [1.165, 1.54) is 4.90 Å². The monoisotopic (exact) mass is 380 g/mol. The molecule has 6 heteroatoms. The van der Waals surface area contributed by atoms with E-state index in [4.69, 9.17) is 4.74 Å². The zero-order chi connectivity index (χ0) is 20.4. The Bertz CT molecular complexity index is 952. The second-order valence-corrected chi connectivity index (χ2v) is 7.13.